The van der Waals surface area contributed by atoms with Crippen LogP contribution in [0, 0.1) is 5.92 Å². The van der Waals surface area contributed by atoms with Crippen LogP contribution in [0.15, 0.2) is 23.4 Å². The van der Waals surface area contributed by atoms with Gasteiger partial charge in [-0.05, 0) is 0 Å². The maximum Gasteiger partial charge on any atom is 0.394 e. The second-order valence-corrected chi connectivity index (χ2v) is 3.05. The first-order chi connectivity index (χ1) is 6.95. The average molecular weight is 221 g/mol. The zero-order valence-corrected chi connectivity index (χ0v) is 7.74. The highest BCUT2D eigenvalue weighted by Crippen LogP contribution is 2.26. The van der Waals surface area contributed by atoms with Gasteiger partial charge >= 0.3 is 6.18 Å². The molecule has 0 bridgehead atoms. The summed E-state index contributed by atoms with van der Waals surface area (Å²) in [5.74, 6) is -1.72. The van der Waals surface area contributed by atoms with Gasteiger partial charge in [-0.25, -0.2) is 4.98 Å². The van der Waals surface area contributed by atoms with E-state index in [-0.39, 0.29) is 0 Å². The number of halogens is 3. The molecule has 15 heavy (non-hydrogen) atoms. The van der Waals surface area contributed by atoms with Crippen LogP contribution in [0.5, 0.6) is 0 Å². The standard InChI is InChI=1S/C8H10F3N3O/c9-8(10,11)6(3-12)4-14-5-13-2-1-7(14)15/h1-2,5-6H,3-4,12H2. The number of nitrogens with zero attached hydrogens (tertiary/aromatic N) is 2. The molecule has 0 spiro atoms. The van der Waals surface area contributed by atoms with Crippen LogP contribution >= 0.6 is 0 Å². The van der Waals surface area contributed by atoms with Gasteiger partial charge in [0.15, 0.2) is 0 Å². The van der Waals surface area contributed by atoms with Crippen LogP contribution in [-0.4, -0.2) is 22.3 Å². The van der Waals surface area contributed by atoms with Gasteiger partial charge in [0.25, 0.3) is 5.56 Å². The van der Waals surface area contributed by atoms with E-state index in [0.717, 1.165) is 17.0 Å². The van der Waals surface area contributed by atoms with Crippen LogP contribution in [0.4, 0.5) is 13.2 Å². The fourth-order valence-electron chi connectivity index (χ4n) is 1.06. The van der Waals surface area contributed by atoms with Crippen molar-refractivity contribution in [3.8, 4) is 0 Å². The molecule has 84 valence electrons. The van der Waals surface area contributed by atoms with Gasteiger partial charge in [0.1, 0.15) is 0 Å². The van der Waals surface area contributed by atoms with E-state index in [2.05, 4.69) is 4.98 Å². The molecule has 0 aromatic carbocycles. The summed E-state index contributed by atoms with van der Waals surface area (Å²) in [4.78, 5) is 14.7. The third-order valence-corrected chi connectivity index (χ3v) is 1.96. The molecule has 0 aliphatic rings. The summed E-state index contributed by atoms with van der Waals surface area (Å²) in [5.41, 5.74) is 4.48. The lowest BCUT2D eigenvalue weighted by Gasteiger charge is -2.18. The molecule has 1 rings (SSSR count). The summed E-state index contributed by atoms with van der Waals surface area (Å²) in [6, 6.07) is 1.10. The van der Waals surface area contributed by atoms with Crippen LogP contribution in [0.2, 0.25) is 0 Å². The van der Waals surface area contributed by atoms with E-state index >= 15 is 0 Å². The minimum absolute atomic E-state index is 0.493. The Morgan fingerprint density at radius 2 is 2.20 bits per heavy atom. The molecule has 1 aromatic rings. The molecule has 1 unspecified atom stereocenters. The van der Waals surface area contributed by atoms with Gasteiger partial charge < -0.3 is 5.73 Å². The van der Waals surface area contributed by atoms with E-state index < -0.39 is 30.7 Å². The molecule has 0 aliphatic carbocycles. The topological polar surface area (TPSA) is 60.9 Å². The highest BCUT2D eigenvalue weighted by Gasteiger charge is 2.38. The molecule has 2 N–H and O–H groups in total. The van der Waals surface area contributed by atoms with Crippen molar-refractivity contribution in [2.75, 3.05) is 6.54 Å². The SMILES string of the molecule is NCC(Cn1cnccc1=O)C(F)(F)F. The van der Waals surface area contributed by atoms with Crippen molar-refractivity contribution in [1.82, 2.24) is 9.55 Å². The predicted molar refractivity (Wildman–Crippen MR) is 47.1 cm³/mol. The number of nitrogens with two attached hydrogens (primary N) is 1. The largest absolute Gasteiger partial charge is 0.394 e. The quantitative estimate of drug-likeness (QED) is 0.802. The van der Waals surface area contributed by atoms with Gasteiger partial charge in [0.05, 0.1) is 12.2 Å². The Balaban J connectivity index is 2.85. The molecule has 0 amide bonds. The number of alkyl halides is 3. The second-order valence-electron chi connectivity index (χ2n) is 3.05. The highest BCUT2D eigenvalue weighted by atomic mass is 19.4. The minimum atomic E-state index is -4.40. The van der Waals surface area contributed by atoms with E-state index in [9.17, 15) is 18.0 Å². The van der Waals surface area contributed by atoms with E-state index in [1.54, 1.807) is 0 Å². The summed E-state index contributed by atoms with van der Waals surface area (Å²) in [5, 5.41) is 0. The van der Waals surface area contributed by atoms with Crippen LogP contribution in [0.3, 0.4) is 0 Å². The van der Waals surface area contributed by atoms with Gasteiger partial charge in [0, 0.05) is 25.4 Å². The number of hydrogen-bond acceptors (Lipinski definition) is 3. The molecular formula is C8H10F3N3O. The second kappa shape index (κ2) is 4.43. The van der Waals surface area contributed by atoms with Crippen molar-refractivity contribution in [2.24, 2.45) is 11.7 Å². The fraction of sp³-hybridized carbons (Fsp3) is 0.500. The molecule has 0 fully saturated rings. The Morgan fingerprint density at radius 1 is 1.53 bits per heavy atom. The van der Waals surface area contributed by atoms with Crippen molar-refractivity contribution in [3.05, 3.63) is 28.9 Å². The molecule has 0 aliphatic heterocycles. The smallest absolute Gasteiger partial charge is 0.330 e. The molecule has 1 heterocycles. The Kier molecular flexibility index (Phi) is 3.46. The first-order valence-electron chi connectivity index (χ1n) is 4.22. The lowest BCUT2D eigenvalue weighted by atomic mass is 10.1. The molecule has 0 radical (unpaired) electrons. The normalized spacial score (nSPS) is 13.9. The van der Waals surface area contributed by atoms with Crippen molar-refractivity contribution in [3.63, 3.8) is 0 Å². The molecular weight excluding hydrogens is 211 g/mol. The van der Waals surface area contributed by atoms with E-state index in [0.29, 0.717) is 0 Å². The third kappa shape index (κ3) is 3.05. The number of hydrogen-bond donors (Lipinski definition) is 1. The van der Waals surface area contributed by atoms with Crippen molar-refractivity contribution >= 4 is 0 Å². The van der Waals surface area contributed by atoms with Crippen LogP contribution in [0.1, 0.15) is 0 Å². The molecule has 1 aromatic heterocycles. The van der Waals surface area contributed by atoms with Crippen molar-refractivity contribution in [2.45, 2.75) is 12.7 Å². The average Bonchev–Trinajstić information content (AvgIpc) is 2.14. The summed E-state index contributed by atoms with van der Waals surface area (Å²) in [7, 11) is 0. The lowest BCUT2D eigenvalue weighted by molar-refractivity contribution is -0.175. The van der Waals surface area contributed by atoms with Crippen LogP contribution in [0.25, 0.3) is 0 Å². The highest BCUT2D eigenvalue weighted by molar-refractivity contribution is 4.83. The third-order valence-electron chi connectivity index (χ3n) is 1.96. The van der Waals surface area contributed by atoms with Gasteiger partial charge in [-0.1, -0.05) is 0 Å². The zero-order valence-electron chi connectivity index (χ0n) is 7.74. The van der Waals surface area contributed by atoms with E-state index in [1.165, 1.54) is 6.20 Å². The van der Waals surface area contributed by atoms with E-state index in [1.807, 2.05) is 0 Å². The predicted octanol–water partition coefficient (Wildman–Crippen LogP) is 0.380. The van der Waals surface area contributed by atoms with Gasteiger partial charge in [0.2, 0.25) is 0 Å². The molecule has 0 saturated heterocycles. The minimum Gasteiger partial charge on any atom is -0.330 e. The van der Waals surface area contributed by atoms with Crippen molar-refractivity contribution < 1.29 is 13.2 Å². The van der Waals surface area contributed by atoms with Crippen LogP contribution in [-0.2, 0) is 6.54 Å². The molecule has 1 atom stereocenters. The number of rotatable bonds is 3. The van der Waals surface area contributed by atoms with Gasteiger partial charge in [-0.2, -0.15) is 13.2 Å². The summed E-state index contributed by atoms with van der Waals surface area (Å²) in [6.45, 7) is -1.04. The molecule has 0 saturated carbocycles. The Hall–Kier alpha value is -1.37. The van der Waals surface area contributed by atoms with Crippen LogP contribution < -0.4 is 11.3 Å². The lowest BCUT2D eigenvalue weighted by Crippen LogP contribution is -2.36. The molecule has 7 heteroatoms. The monoisotopic (exact) mass is 221 g/mol. The van der Waals surface area contributed by atoms with Crippen molar-refractivity contribution in [1.29, 1.82) is 0 Å². The Bertz CT molecular complexity index is 374. The Morgan fingerprint density at radius 3 is 2.67 bits per heavy atom. The first-order valence-corrected chi connectivity index (χ1v) is 4.22. The summed E-state index contributed by atoms with van der Waals surface area (Å²) in [6.07, 6.45) is -2.11. The maximum atomic E-state index is 12.3. The Labute approximate surface area is 83.5 Å². The van der Waals surface area contributed by atoms with E-state index in [4.69, 9.17) is 5.73 Å². The van der Waals surface area contributed by atoms with Gasteiger partial charge in [-0.3, -0.25) is 9.36 Å². The fourth-order valence-corrected chi connectivity index (χ4v) is 1.06. The summed E-state index contributed by atoms with van der Waals surface area (Å²) >= 11 is 0. The zero-order chi connectivity index (χ0) is 11.5. The number of aromatic nitrogens is 2. The molecule has 4 nitrogen and oxygen atoms in total. The van der Waals surface area contributed by atoms with Gasteiger partial charge in [-0.15, -0.1) is 0 Å². The maximum absolute atomic E-state index is 12.3. The first kappa shape index (κ1) is 11.7. The summed E-state index contributed by atoms with van der Waals surface area (Å²) < 4.78 is 37.9.